The van der Waals surface area contributed by atoms with E-state index in [0.717, 1.165) is 4.57 Å². The minimum absolute atomic E-state index is 0.0784. The first-order valence-electron chi connectivity index (χ1n) is 15.7. The van der Waals surface area contributed by atoms with Crippen molar-refractivity contribution in [3.63, 3.8) is 0 Å². The molecule has 3 heterocycles. The van der Waals surface area contributed by atoms with Crippen LogP contribution in [-0.4, -0.2) is 30.4 Å². The summed E-state index contributed by atoms with van der Waals surface area (Å²) in [5, 5.41) is 5.26. The van der Waals surface area contributed by atoms with Gasteiger partial charge in [0.15, 0.2) is 0 Å². The molecule has 178 valence electrons. The molecule has 8 nitrogen and oxygen atoms in total. The van der Waals surface area contributed by atoms with Crippen molar-refractivity contribution in [1.29, 1.82) is 0 Å². The molecule has 0 aliphatic heterocycles. The Morgan fingerprint density at radius 2 is 2.06 bits per heavy atom. The predicted octanol–water partition coefficient (Wildman–Crippen LogP) is 5.65. The van der Waals surface area contributed by atoms with Crippen molar-refractivity contribution in [2.24, 2.45) is 0 Å². The Bertz CT molecular complexity index is 2010. The van der Waals surface area contributed by atoms with Crippen LogP contribution in [0.3, 0.4) is 0 Å². The zero-order chi connectivity index (χ0) is 33.7. The van der Waals surface area contributed by atoms with Gasteiger partial charge in [0.1, 0.15) is 1.37 Å². The van der Waals surface area contributed by atoms with Gasteiger partial charge < -0.3 is 15.2 Å². The second kappa shape index (κ2) is 9.79. The van der Waals surface area contributed by atoms with Gasteiger partial charge >= 0.3 is 0 Å². The third-order valence-corrected chi connectivity index (χ3v) is 4.93. The normalized spacial score (nSPS) is 15.1. The topological polar surface area (TPSA) is 97.6 Å². The van der Waals surface area contributed by atoms with E-state index in [4.69, 9.17) is 13.7 Å². The highest BCUT2D eigenvalue weighted by atomic mass is 16.1. The molecule has 2 aromatic carbocycles. The average molecular weight is 486 g/mol. The van der Waals surface area contributed by atoms with Crippen LogP contribution in [0.15, 0.2) is 85.5 Å². The summed E-state index contributed by atoms with van der Waals surface area (Å²) in [6.45, 7) is 0.298. The number of amides is 1. The number of imidazole rings is 1. The Morgan fingerprint density at radius 3 is 2.83 bits per heavy atom. The van der Waals surface area contributed by atoms with Gasteiger partial charge in [-0.25, -0.2) is 15.0 Å². The van der Waals surface area contributed by atoms with Gasteiger partial charge in [-0.15, -0.1) is 0 Å². The first-order valence-corrected chi connectivity index (χ1v) is 10.7. The average Bonchev–Trinajstić information content (AvgIpc) is 3.26. The van der Waals surface area contributed by atoms with E-state index in [9.17, 15) is 4.79 Å². The first kappa shape index (κ1) is 13.9. The number of carbonyl (C=O) groups is 1. The van der Waals surface area contributed by atoms with Crippen LogP contribution in [0.2, 0.25) is 0 Å². The second-order valence-electron chi connectivity index (χ2n) is 7.68. The second-order valence-corrected chi connectivity index (χ2v) is 7.68. The van der Waals surface area contributed by atoms with Crippen molar-refractivity contribution in [2.45, 2.75) is 20.7 Å². The monoisotopic (exact) mass is 485 g/mol. The lowest BCUT2D eigenvalue weighted by Gasteiger charge is -2.13. The Labute approximate surface area is 223 Å². The molecule has 0 saturated heterocycles. The van der Waals surface area contributed by atoms with E-state index in [-0.39, 0.29) is 75.4 Å². The minimum atomic E-state index is -2.65. The van der Waals surface area contributed by atoms with E-state index in [1.54, 1.807) is 12.1 Å². The van der Waals surface area contributed by atoms with Crippen molar-refractivity contribution in [2.75, 3.05) is 10.6 Å². The van der Waals surface area contributed by atoms with Gasteiger partial charge in [0.05, 0.1) is 25.9 Å². The van der Waals surface area contributed by atoms with Gasteiger partial charge in [-0.2, -0.15) is 0 Å². The summed E-state index contributed by atoms with van der Waals surface area (Å²) in [6, 6.07) is 5.57. The number of pyridine rings is 1. The van der Waals surface area contributed by atoms with Crippen molar-refractivity contribution in [1.82, 2.24) is 24.5 Å². The largest absolute Gasteiger partial charge is 0.324 e. The number of aromatic nitrogens is 5. The lowest BCUT2D eigenvalue weighted by atomic mass is 10.1. The number of hydrogen-bond acceptors (Lipinski definition) is 6. The number of carbonyl (C=O) groups excluding carboxylic acids is 1. The van der Waals surface area contributed by atoms with Crippen LogP contribution in [0, 0.1) is 20.7 Å². The quantitative estimate of drug-likeness (QED) is 0.323. The van der Waals surface area contributed by atoms with Gasteiger partial charge in [-0.05, 0) is 80.3 Å². The van der Waals surface area contributed by atoms with Crippen LogP contribution in [0.1, 0.15) is 40.9 Å². The Balaban J connectivity index is 1.56. The van der Waals surface area contributed by atoms with Gasteiger partial charge in [-0.1, -0.05) is 6.07 Å². The molecule has 1 amide bonds. The molecule has 0 atom stereocenters. The molecule has 0 fully saturated rings. The maximum atomic E-state index is 13.5. The third-order valence-electron chi connectivity index (χ3n) is 4.93. The van der Waals surface area contributed by atoms with Gasteiger partial charge in [-0.3, -0.25) is 9.78 Å². The summed E-state index contributed by atoms with van der Waals surface area (Å²) in [7, 11) is 0. The number of anilines is 3. The number of nitrogens with one attached hydrogen (secondary N) is 2. The van der Waals surface area contributed by atoms with Gasteiger partial charge in [0.25, 0.3) is 5.91 Å². The summed E-state index contributed by atoms with van der Waals surface area (Å²) in [4.78, 5) is 29.7. The molecule has 5 aromatic rings. The first-order chi connectivity index (χ1) is 21.6. The zero-order valence-electron chi connectivity index (χ0n) is 29.2. The lowest BCUT2D eigenvalue weighted by Crippen LogP contribution is -2.13. The predicted molar refractivity (Wildman–Crippen MR) is 141 cm³/mol. The van der Waals surface area contributed by atoms with E-state index < -0.39 is 31.3 Å². The molecule has 3 aromatic heterocycles. The molecule has 0 saturated carbocycles. The SMILES string of the molecule is [2H]c1nc(Nc2cc(C(=O)Nc3c([2H])c(C)c([2H])c(-n4c([2H])nc(C)c4[2H])c3[2H])ccc2C([2H])([2H])[2H])nc(-c2cccnc2)c1[2H]. The molecule has 0 spiro atoms. The van der Waals surface area contributed by atoms with Crippen LogP contribution in [-0.2, 0) is 0 Å². The van der Waals surface area contributed by atoms with Crippen LogP contribution in [0.5, 0.6) is 0 Å². The van der Waals surface area contributed by atoms with Crippen molar-refractivity contribution in [3.05, 3.63) is 108 Å². The van der Waals surface area contributed by atoms with Crippen LogP contribution >= 0.6 is 0 Å². The van der Waals surface area contributed by atoms with Crippen molar-refractivity contribution < 1.29 is 18.5 Å². The number of aryl methyl sites for hydroxylation is 2. The van der Waals surface area contributed by atoms with E-state index >= 15 is 0 Å². The molecular weight excluding hydrogens is 450 g/mol. The zero-order valence-corrected chi connectivity index (χ0v) is 19.2. The molecular formula is C28H25N7O. The van der Waals surface area contributed by atoms with Gasteiger partial charge in [0.2, 0.25) is 5.95 Å². The Kier molecular flexibility index (Phi) is 3.78. The summed E-state index contributed by atoms with van der Waals surface area (Å²) in [5.41, 5.74) is -0.0778. The summed E-state index contributed by atoms with van der Waals surface area (Å²) in [6.07, 6.45) is 1.94. The molecule has 0 unspecified atom stereocenters. The van der Waals surface area contributed by atoms with E-state index in [2.05, 4.69) is 30.6 Å². The molecule has 5 rings (SSSR count). The van der Waals surface area contributed by atoms with Crippen molar-refractivity contribution >= 4 is 23.2 Å². The number of benzene rings is 2. The minimum Gasteiger partial charge on any atom is -0.324 e. The summed E-state index contributed by atoms with van der Waals surface area (Å²) in [5.74, 6) is -1.03. The summed E-state index contributed by atoms with van der Waals surface area (Å²) < 4.78 is 83.6. The van der Waals surface area contributed by atoms with Crippen LogP contribution < -0.4 is 10.6 Å². The smallest absolute Gasteiger partial charge is 0.255 e. The Hall–Kier alpha value is -4.85. The molecule has 36 heavy (non-hydrogen) atoms. The third kappa shape index (κ3) is 5.12. The Morgan fingerprint density at radius 1 is 1.14 bits per heavy atom. The lowest BCUT2D eigenvalue weighted by molar-refractivity contribution is 0.102. The van der Waals surface area contributed by atoms with E-state index in [0.29, 0.717) is 5.56 Å². The molecule has 0 radical (unpaired) electrons. The standard InChI is InChI=1S/C28H25N7O/c1-18-11-23(14-24(12-18)35-16-20(3)31-17-35)32-27(36)21-7-6-19(2)26(13-21)34-28-30-10-8-25(33-28)22-5-4-9-29-15-22/h4-17H,1-3H3,(H,32,36)(H,30,33,34)/i2D3,8D,10D,11D,12D,14D,16D,17D. The van der Waals surface area contributed by atoms with Gasteiger partial charge in [0, 0.05) is 57.0 Å². The van der Waals surface area contributed by atoms with E-state index in [1.165, 1.54) is 44.4 Å². The fourth-order valence-electron chi connectivity index (χ4n) is 3.28. The number of rotatable bonds is 6. The maximum Gasteiger partial charge on any atom is 0.255 e. The molecule has 0 aliphatic carbocycles. The molecule has 8 heteroatoms. The number of hydrogen-bond donors (Lipinski definition) is 2. The highest BCUT2D eigenvalue weighted by molar-refractivity contribution is 6.05. The highest BCUT2D eigenvalue weighted by Gasteiger charge is 2.12. The van der Waals surface area contributed by atoms with Crippen LogP contribution in [0.25, 0.3) is 16.9 Å². The van der Waals surface area contributed by atoms with E-state index in [1.807, 2.05) is 0 Å². The molecule has 0 bridgehead atoms. The fraction of sp³-hybridized carbons (Fsp3) is 0.107. The number of nitrogens with zero attached hydrogens (tertiary/aromatic N) is 5. The molecule has 0 aliphatic rings. The maximum absolute atomic E-state index is 13.5. The highest BCUT2D eigenvalue weighted by Crippen LogP contribution is 2.24. The fourth-order valence-corrected chi connectivity index (χ4v) is 3.28. The molecule has 2 N–H and O–H groups in total. The summed E-state index contributed by atoms with van der Waals surface area (Å²) >= 11 is 0. The van der Waals surface area contributed by atoms with Crippen LogP contribution in [0.4, 0.5) is 17.3 Å². The van der Waals surface area contributed by atoms with Crippen molar-refractivity contribution in [3.8, 4) is 16.9 Å².